The van der Waals surface area contributed by atoms with Crippen molar-refractivity contribution in [2.75, 3.05) is 38.8 Å². The molecule has 0 atom stereocenters. The molecule has 0 saturated heterocycles. The topological polar surface area (TPSA) is 50.8 Å². The predicted octanol–water partition coefficient (Wildman–Crippen LogP) is 3.12. The molecule has 1 aliphatic rings. The van der Waals surface area contributed by atoms with Crippen LogP contribution in [-0.2, 0) is 17.6 Å². The Balaban J connectivity index is 1.52. The molecule has 3 rings (SSSR count). The van der Waals surface area contributed by atoms with Crippen LogP contribution in [0.3, 0.4) is 0 Å². The van der Waals surface area contributed by atoms with Crippen molar-refractivity contribution in [3.63, 3.8) is 0 Å². The molecule has 0 saturated carbocycles. The summed E-state index contributed by atoms with van der Waals surface area (Å²) in [7, 11) is 3.25. The summed E-state index contributed by atoms with van der Waals surface area (Å²) in [5.41, 5.74) is 4.92. The number of aryl methyl sites for hydroxylation is 2. The number of benzene rings is 2. The lowest BCUT2D eigenvalue weighted by molar-refractivity contribution is -0.119. The van der Waals surface area contributed by atoms with Crippen LogP contribution in [-0.4, -0.2) is 39.8 Å². The van der Waals surface area contributed by atoms with E-state index >= 15 is 0 Å². The minimum absolute atomic E-state index is 0.0592. The Hall–Kier alpha value is -2.69. The Morgan fingerprint density at radius 1 is 1.11 bits per heavy atom. The first kappa shape index (κ1) is 19.1. The number of hydrogen-bond acceptors (Lipinski definition) is 4. The second kappa shape index (κ2) is 8.80. The molecular formula is C22H28N2O3. The van der Waals surface area contributed by atoms with Gasteiger partial charge in [0.2, 0.25) is 5.91 Å². The van der Waals surface area contributed by atoms with Gasteiger partial charge >= 0.3 is 0 Å². The van der Waals surface area contributed by atoms with Gasteiger partial charge in [0.25, 0.3) is 0 Å². The molecule has 0 aromatic heterocycles. The quantitative estimate of drug-likeness (QED) is 0.816. The highest BCUT2D eigenvalue weighted by Gasteiger charge is 2.19. The molecule has 1 aliphatic heterocycles. The van der Waals surface area contributed by atoms with Gasteiger partial charge in [-0.05, 0) is 55.5 Å². The summed E-state index contributed by atoms with van der Waals surface area (Å²) in [4.78, 5) is 14.6. The van der Waals surface area contributed by atoms with E-state index in [-0.39, 0.29) is 5.91 Å². The number of methoxy groups -OCH3 is 2. The van der Waals surface area contributed by atoms with Gasteiger partial charge in [-0.15, -0.1) is 0 Å². The normalized spacial score (nSPS) is 13.1. The van der Waals surface area contributed by atoms with Crippen LogP contribution in [0.1, 0.15) is 23.1 Å². The van der Waals surface area contributed by atoms with E-state index in [0.29, 0.717) is 24.6 Å². The maximum absolute atomic E-state index is 12.4. The molecular weight excluding hydrogens is 340 g/mol. The molecule has 0 aliphatic carbocycles. The van der Waals surface area contributed by atoms with Crippen molar-refractivity contribution < 1.29 is 14.3 Å². The molecule has 2 aromatic carbocycles. The highest BCUT2D eigenvalue weighted by atomic mass is 16.5. The van der Waals surface area contributed by atoms with E-state index < -0.39 is 0 Å². The summed E-state index contributed by atoms with van der Waals surface area (Å²) >= 11 is 0. The summed E-state index contributed by atoms with van der Waals surface area (Å²) in [6.45, 7) is 4.05. The smallest absolute Gasteiger partial charge is 0.239 e. The Kier molecular flexibility index (Phi) is 6.22. The first-order valence-corrected chi connectivity index (χ1v) is 9.43. The van der Waals surface area contributed by atoms with E-state index in [0.717, 1.165) is 31.4 Å². The van der Waals surface area contributed by atoms with Gasteiger partial charge in [-0.1, -0.05) is 23.8 Å². The van der Waals surface area contributed by atoms with E-state index in [1.807, 2.05) is 18.2 Å². The first-order chi connectivity index (χ1) is 13.1. The van der Waals surface area contributed by atoms with Gasteiger partial charge in [-0.25, -0.2) is 0 Å². The van der Waals surface area contributed by atoms with E-state index in [9.17, 15) is 4.79 Å². The van der Waals surface area contributed by atoms with Crippen molar-refractivity contribution in [3.05, 3.63) is 53.1 Å². The molecule has 144 valence electrons. The summed E-state index contributed by atoms with van der Waals surface area (Å²) in [5.74, 6) is 1.48. The van der Waals surface area contributed by atoms with Crippen molar-refractivity contribution >= 4 is 11.6 Å². The van der Waals surface area contributed by atoms with Crippen molar-refractivity contribution in [1.29, 1.82) is 0 Å². The zero-order valence-electron chi connectivity index (χ0n) is 16.4. The van der Waals surface area contributed by atoms with Crippen LogP contribution in [0.4, 0.5) is 5.69 Å². The van der Waals surface area contributed by atoms with Crippen LogP contribution in [0.2, 0.25) is 0 Å². The van der Waals surface area contributed by atoms with Gasteiger partial charge in [0.15, 0.2) is 11.5 Å². The van der Waals surface area contributed by atoms with E-state index in [2.05, 4.69) is 35.3 Å². The second-order valence-electron chi connectivity index (χ2n) is 6.95. The van der Waals surface area contributed by atoms with E-state index in [4.69, 9.17) is 9.47 Å². The monoisotopic (exact) mass is 368 g/mol. The molecule has 0 spiro atoms. The number of anilines is 1. The number of nitrogens with one attached hydrogen (secondary N) is 1. The van der Waals surface area contributed by atoms with Crippen LogP contribution < -0.4 is 19.7 Å². The van der Waals surface area contributed by atoms with Crippen LogP contribution in [0, 0.1) is 6.92 Å². The summed E-state index contributed by atoms with van der Waals surface area (Å²) in [5, 5.41) is 3.03. The highest BCUT2D eigenvalue weighted by molar-refractivity contribution is 5.82. The summed E-state index contributed by atoms with van der Waals surface area (Å²) in [6, 6.07) is 12.3. The molecule has 27 heavy (non-hydrogen) atoms. The van der Waals surface area contributed by atoms with E-state index in [1.54, 1.807) is 14.2 Å². The zero-order valence-corrected chi connectivity index (χ0v) is 16.4. The van der Waals surface area contributed by atoms with Crippen molar-refractivity contribution in [1.82, 2.24) is 5.32 Å². The lowest BCUT2D eigenvalue weighted by atomic mass is 9.99. The molecule has 5 nitrogen and oxygen atoms in total. The number of hydrogen-bond donors (Lipinski definition) is 1. The van der Waals surface area contributed by atoms with Gasteiger partial charge in [0.05, 0.1) is 20.8 Å². The Morgan fingerprint density at radius 3 is 2.70 bits per heavy atom. The number of amides is 1. The molecule has 1 N–H and O–H groups in total. The summed E-state index contributed by atoms with van der Waals surface area (Å²) < 4.78 is 10.6. The second-order valence-corrected chi connectivity index (χ2v) is 6.95. The Labute approximate surface area is 161 Å². The van der Waals surface area contributed by atoms with Gasteiger partial charge < -0.3 is 19.7 Å². The number of nitrogens with zero attached hydrogens (tertiary/aromatic N) is 1. The van der Waals surface area contributed by atoms with E-state index in [1.165, 1.54) is 16.8 Å². The Bertz CT molecular complexity index is 804. The molecule has 2 aromatic rings. The number of fused-ring (bicyclic) bond motifs is 1. The minimum Gasteiger partial charge on any atom is -0.493 e. The van der Waals surface area contributed by atoms with Crippen LogP contribution in [0.15, 0.2) is 36.4 Å². The molecule has 0 unspecified atom stereocenters. The molecule has 1 amide bonds. The largest absolute Gasteiger partial charge is 0.493 e. The highest BCUT2D eigenvalue weighted by Crippen LogP contribution is 2.28. The zero-order chi connectivity index (χ0) is 19.2. The molecule has 0 radical (unpaired) electrons. The van der Waals surface area contributed by atoms with Crippen LogP contribution in [0.5, 0.6) is 11.5 Å². The first-order valence-electron chi connectivity index (χ1n) is 9.43. The van der Waals surface area contributed by atoms with Crippen molar-refractivity contribution in [2.24, 2.45) is 0 Å². The molecule has 0 bridgehead atoms. The van der Waals surface area contributed by atoms with Gasteiger partial charge in [-0.3, -0.25) is 4.79 Å². The van der Waals surface area contributed by atoms with Gasteiger partial charge in [0.1, 0.15) is 0 Å². The maximum Gasteiger partial charge on any atom is 0.239 e. The fraction of sp³-hybridized carbons (Fsp3) is 0.409. The van der Waals surface area contributed by atoms with Crippen LogP contribution >= 0.6 is 0 Å². The fourth-order valence-electron chi connectivity index (χ4n) is 3.58. The predicted molar refractivity (Wildman–Crippen MR) is 108 cm³/mol. The van der Waals surface area contributed by atoms with Crippen molar-refractivity contribution in [2.45, 2.75) is 26.2 Å². The average molecular weight is 368 g/mol. The molecule has 0 fully saturated rings. The van der Waals surface area contributed by atoms with Gasteiger partial charge in [-0.2, -0.15) is 0 Å². The van der Waals surface area contributed by atoms with Gasteiger partial charge in [0, 0.05) is 18.8 Å². The SMILES string of the molecule is COc1ccc(CCNC(=O)CN2CCCc3cc(C)ccc32)cc1OC. The molecule has 1 heterocycles. The third-order valence-corrected chi connectivity index (χ3v) is 4.97. The lowest BCUT2D eigenvalue weighted by Gasteiger charge is -2.31. The van der Waals surface area contributed by atoms with Crippen LogP contribution in [0.25, 0.3) is 0 Å². The number of carbonyl (C=O) groups is 1. The minimum atomic E-state index is 0.0592. The fourth-order valence-corrected chi connectivity index (χ4v) is 3.58. The summed E-state index contributed by atoms with van der Waals surface area (Å²) in [6.07, 6.45) is 2.94. The molecule has 5 heteroatoms. The third-order valence-electron chi connectivity index (χ3n) is 4.97. The lowest BCUT2D eigenvalue weighted by Crippen LogP contribution is -2.40. The number of rotatable bonds is 7. The van der Waals surface area contributed by atoms with Crippen molar-refractivity contribution in [3.8, 4) is 11.5 Å². The average Bonchev–Trinajstić information content (AvgIpc) is 2.67. The number of carbonyl (C=O) groups excluding carboxylic acids is 1. The third kappa shape index (κ3) is 4.73. The Morgan fingerprint density at radius 2 is 1.93 bits per heavy atom. The standard InChI is InChI=1S/C22H28N2O3/c1-16-6-8-19-18(13-16)5-4-12-24(19)15-22(25)23-11-10-17-7-9-20(26-2)21(14-17)27-3/h6-9,13-14H,4-5,10-12,15H2,1-3H3,(H,23,25). The number of ether oxygens (including phenoxy) is 2. The maximum atomic E-state index is 12.4.